The van der Waals surface area contributed by atoms with Gasteiger partial charge in [0.1, 0.15) is 5.75 Å². The Balaban J connectivity index is 2.19. The SMILES string of the molecule is CCc1ccc(N2CCS(=O)(=O)CC2)cc1OC. The molecule has 18 heavy (non-hydrogen) atoms. The zero-order chi connectivity index (χ0) is 13.2. The van der Waals surface area contributed by atoms with Gasteiger partial charge >= 0.3 is 0 Å². The summed E-state index contributed by atoms with van der Waals surface area (Å²) in [4.78, 5) is 2.10. The van der Waals surface area contributed by atoms with Crippen LogP contribution in [0.1, 0.15) is 12.5 Å². The summed E-state index contributed by atoms with van der Waals surface area (Å²) in [7, 11) is -1.16. The van der Waals surface area contributed by atoms with E-state index in [4.69, 9.17) is 4.74 Å². The smallest absolute Gasteiger partial charge is 0.153 e. The molecule has 1 aliphatic rings. The Bertz CT molecular complexity index is 511. The maximum atomic E-state index is 11.4. The average molecular weight is 269 g/mol. The molecule has 0 spiro atoms. The van der Waals surface area contributed by atoms with Crippen LogP contribution in [-0.2, 0) is 16.3 Å². The summed E-state index contributed by atoms with van der Waals surface area (Å²) >= 11 is 0. The first-order valence-corrected chi connectivity index (χ1v) is 8.00. The molecule has 0 atom stereocenters. The molecule has 2 rings (SSSR count). The molecule has 1 fully saturated rings. The van der Waals surface area contributed by atoms with Gasteiger partial charge in [0.15, 0.2) is 9.84 Å². The van der Waals surface area contributed by atoms with Crippen molar-refractivity contribution in [2.45, 2.75) is 13.3 Å². The van der Waals surface area contributed by atoms with Gasteiger partial charge < -0.3 is 9.64 Å². The number of rotatable bonds is 3. The lowest BCUT2D eigenvalue weighted by atomic mass is 10.1. The van der Waals surface area contributed by atoms with Gasteiger partial charge in [-0.2, -0.15) is 0 Å². The van der Waals surface area contributed by atoms with Gasteiger partial charge in [-0.1, -0.05) is 13.0 Å². The van der Waals surface area contributed by atoms with E-state index >= 15 is 0 Å². The van der Waals surface area contributed by atoms with Gasteiger partial charge in [0.25, 0.3) is 0 Å². The highest BCUT2D eigenvalue weighted by atomic mass is 32.2. The first-order valence-electron chi connectivity index (χ1n) is 6.18. The molecule has 1 saturated heterocycles. The number of methoxy groups -OCH3 is 1. The molecule has 1 aromatic carbocycles. The number of anilines is 1. The molecule has 0 saturated carbocycles. The second kappa shape index (κ2) is 5.18. The number of benzene rings is 1. The monoisotopic (exact) mass is 269 g/mol. The van der Waals surface area contributed by atoms with E-state index in [-0.39, 0.29) is 11.5 Å². The molecule has 100 valence electrons. The van der Waals surface area contributed by atoms with Crippen LogP contribution in [0.2, 0.25) is 0 Å². The maximum Gasteiger partial charge on any atom is 0.153 e. The third-order valence-electron chi connectivity index (χ3n) is 3.36. The Kier molecular flexibility index (Phi) is 3.80. The van der Waals surface area contributed by atoms with Crippen molar-refractivity contribution in [1.29, 1.82) is 0 Å². The van der Waals surface area contributed by atoms with Crippen LogP contribution in [0.5, 0.6) is 5.75 Å². The van der Waals surface area contributed by atoms with Gasteiger partial charge in [0.05, 0.1) is 18.6 Å². The summed E-state index contributed by atoms with van der Waals surface area (Å²) in [5.41, 5.74) is 2.21. The van der Waals surface area contributed by atoms with E-state index in [9.17, 15) is 8.42 Å². The molecule has 0 N–H and O–H groups in total. The van der Waals surface area contributed by atoms with Gasteiger partial charge in [-0.25, -0.2) is 8.42 Å². The normalized spacial score (nSPS) is 18.7. The largest absolute Gasteiger partial charge is 0.496 e. The van der Waals surface area contributed by atoms with Crippen molar-refractivity contribution in [3.8, 4) is 5.75 Å². The molecule has 0 unspecified atom stereocenters. The summed E-state index contributed by atoms with van der Waals surface area (Å²) in [6.45, 7) is 3.22. The van der Waals surface area contributed by atoms with Gasteiger partial charge in [-0.15, -0.1) is 0 Å². The molecular weight excluding hydrogens is 250 g/mol. The highest BCUT2D eigenvalue weighted by molar-refractivity contribution is 7.91. The van der Waals surface area contributed by atoms with Crippen molar-refractivity contribution in [2.75, 3.05) is 36.6 Å². The van der Waals surface area contributed by atoms with Crippen molar-refractivity contribution < 1.29 is 13.2 Å². The Hall–Kier alpha value is -1.23. The Morgan fingerprint density at radius 1 is 1.28 bits per heavy atom. The van der Waals surface area contributed by atoms with Crippen molar-refractivity contribution in [2.24, 2.45) is 0 Å². The number of hydrogen-bond donors (Lipinski definition) is 0. The van der Waals surface area contributed by atoms with Crippen LogP contribution in [0.3, 0.4) is 0 Å². The van der Waals surface area contributed by atoms with E-state index in [0.29, 0.717) is 13.1 Å². The molecular formula is C13H19NO3S. The minimum atomic E-state index is -2.83. The van der Waals surface area contributed by atoms with Crippen LogP contribution in [0.15, 0.2) is 18.2 Å². The minimum Gasteiger partial charge on any atom is -0.496 e. The summed E-state index contributed by atoms with van der Waals surface area (Å²) in [5, 5.41) is 0. The van der Waals surface area contributed by atoms with Gasteiger partial charge in [0, 0.05) is 24.8 Å². The van der Waals surface area contributed by atoms with E-state index in [1.54, 1.807) is 7.11 Å². The van der Waals surface area contributed by atoms with Crippen LogP contribution in [-0.4, -0.2) is 40.1 Å². The fraction of sp³-hybridized carbons (Fsp3) is 0.538. The Labute approximate surface area is 108 Å². The number of nitrogens with zero attached hydrogens (tertiary/aromatic N) is 1. The summed E-state index contributed by atoms with van der Waals surface area (Å²) in [6.07, 6.45) is 0.928. The predicted octanol–water partition coefficient (Wildman–Crippen LogP) is 1.49. The van der Waals surface area contributed by atoms with Crippen molar-refractivity contribution in [1.82, 2.24) is 0 Å². The van der Waals surface area contributed by atoms with Gasteiger partial charge in [-0.05, 0) is 18.1 Å². The fourth-order valence-corrected chi connectivity index (χ4v) is 3.39. The third-order valence-corrected chi connectivity index (χ3v) is 4.97. The van der Waals surface area contributed by atoms with Crippen LogP contribution in [0.4, 0.5) is 5.69 Å². The second-order valence-electron chi connectivity index (χ2n) is 4.49. The second-order valence-corrected chi connectivity index (χ2v) is 6.79. The van der Waals surface area contributed by atoms with E-state index in [1.807, 2.05) is 12.1 Å². The molecule has 1 aliphatic heterocycles. The van der Waals surface area contributed by atoms with Crippen LogP contribution >= 0.6 is 0 Å². The molecule has 0 aromatic heterocycles. The molecule has 4 nitrogen and oxygen atoms in total. The van der Waals surface area contributed by atoms with Crippen molar-refractivity contribution >= 4 is 15.5 Å². The topological polar surface area (TPSA) is 46.6 Å². The molecule has 0 amide bonds. The van der Waals surface area contributed by atoms with Crippen molar-refractivity contribution in [3.63, 3.8) is 0 Å². The predicted molar refractivity (Wildman–Crippen MR) is 73.2 cm³/mol. The maximum absolute atomic E-state index is 11.4. The fourth-order valence-electron chi connectivity index (χ4n) is 2.19. The molecule has 0 radical (unpaired) electrons. The summed E-state index contributed by atoms with van der Waals surface area (Å²) < 4.78 is 28.2. The number of aryl methyl sites for hydroxylation is 1. The van der Waals surface area contributed by atoms with Gasteiger partial charge in [0.2, 0.25) is 0 Å². The highest BCUT2D eigenvalue weighted by Crippen LogP contribution is 2.27. The zero-order valence-electron chi connectivity index (χ0n) is 10.8. The minimum absolute atomic E-state index is 0.241. The molecule has 1 heterocycles. The van der Waals surface area contributed by atoms with Crippen LogP contribution in [0, 0.1) is 0 Å². The molecule has 5 heteroatoms. The summed E-state index contributed by atoms with van der Waals surface area (Å²) in [6, 6.07) is 6.09. The molecule has 1 aromatic rings. The zero-order valence-corrected chi connectivity index (χ0v) is 11.7. The molecule has 0 aliphatic carbocycles. The highest BCUT2D eigenvalue weighted by Gasteiger charge is 2.22. The average Bonchev–Trinajstić information content (AvgIpc) is 2.38. The quantitative estimate of drug-likeness (QED) is 0.834. The molecule has 0 bridgehead atoms. The standard InChI is InChI=1S/C13H19NO3S/c1-3-11-4-5-12(10-13(11)17-2)14-6-8-18(15,16)9-7-14/h4-5,10H,3,6-9H2,1-2H3. The Morgan fingerprint density at radius 2 is 1.94 bits per heavy atom. The van der Waals surface area contributed by atoms with Crippen LogP contribution in [0.25, 0.3) is 0 Å². The lowest BCUT2D eigenvalue weighted by Crippen LogP contribution is -2.40. The van der Waals surface area contributed by atoms with Crippen molar-refractivity contribution in [3.05, 3.63) is 23.8 Å². The number of ether oxygens (including phenoxy) is 1. The van der Waals surface area contributed by atoms with Gasteiger partial charge in [-0.3, -0.25) is 0 Å². The number of sulfone groups is 1. The van der Waals surface area contributed by atoms with E-state index in [1.165, 1.54) is 5.56 Å². The van der Waals surface area contributed by atoms with Crippen LogP contribution < -0.4 is 9.64 Å². The lowest BCUT2D eigenvalue weighted by molar-refractivity contribution is 0.410. The third kappa shape index (κ3) is 2.77. The first-order chi connectivity index (χ1) is 8.55. The van der Waals surface area contributed by atoms with E-state index < -0.39 is 9.84 Å². The lowest BCUT2D eigenvalue weighted by Gasteiger charge is -2.29. The number of hydrogen-bond acceptors (Lipinski definition) is 4. The van der Waals surface area contributed by atoms with E-state index in [0.717, 1.165) is 17.9 Å². The summed E-state index contributed by atoms with van der Waals surface area (Å²) in [5.74, 6) is 1.36. The first kappa shape index (κ1) is 13.2. The van der Waals surface area contributed by atoms with E-state index in [2.05, 4.69) is 17.9 Å². The Morgan fingerprint density at radius 3 is 2.50 bits per heavy atom.